The third-order valence-corrected chi connectivity index (χ3v) is 6.73. The van der Waals surface area contributed by atoms with E-state index in [1.807, 2.05) is 6.92 Å². The van der Waals surface area contributed by atoms with E-state index >= 15 is 0 Å². The molecule has 0 radical (unpaired) electrons. The van der Waals surface area contributed by atoms with Crippen LogP contribution in [-0.4, -0.2) is 28.5 Å². The molecule has 3 amide bonds. The van der Waals surface area contributed by atoms with E-state index in [1.165, 1.54) is 6.08 Å². The van der Waals surface area contributed by atoms with Crippen LogP contribution >= 0.6 is 46.6 Å². The van der Waals surface area contributed by atoms with E-state index in [9.17, 15) is 14.4 Å². The summed E-state index contributed by atoms with van der Waals surface area (Å²) in [5.41, 5.74) is 1.91. The largest absolute Gasteiger partial charge is 0.457 e. The lowest BCUT2D eigenvalue weighted by Gasteiger charge is -2.13. The van der Waals surface area contributed by atoms with Crippen molar-refractivity contribution in [3.63, 3.8) is 0 Å². The molecule has 6 nitrogen and oxygen atoms in total. The Morgan fingerprint density at radius 2 is 1.91 bits per heavy atom. The maximum atomic E-state index is 12.7. The summed E-state index contributed by atoms with van der Waals surface area (Å²) in [6, 6.07) is 13.6. The molecule has 10 heteroatoms. The first kappa shape index (κ1) is 23.4. The number of benzene rings is 2. The number of imide groups is 1. The Balaban J connectivity index is 1.48. The first-order chi connectivity index (χ1) is 15.7. The average Bonchev–Trinajstić information content (AvgIpc) is 3.33. The summed E-state index contributed by atoms with van der Waals surface area (Å²) in [7, 11) is 0. The highest BCUT2D eigenvalue weighted by atomic mass is 35.5. The Kier molecular flexibility index (Phi) is 6.86. The third-order valence-electron chi connectivity index (χ3n) is 4.77. The van der Waals surface area contributed by atoms with Crippen LogP contribution < -0.4 is 5.32 Å². The van der Waals surface area contributed by atoms with E-state index in [-0.39, 0.29) is 4.91 Å². The molecule has 0 spiro atoms. The van der Waals surface area contributed by atoms with Crippen LogP contribution in [0.3, 0.4) is 0 Å². The molecule has 2 heterocycles. The summed E-state index contributed by atoms with van der Waals surface area (Å²) in [5, 5.41) is 3.32. The number of furan rings is 1. The minimum absolute atomic E-state index is 0.143. The van der Waals surface area contributed by atoms with Crippen molar-refractivity contribution in [3.05, 3.63) is 79.8 Å². The molecule has 1 N–H and O–H groups in total. The SMILES string of the molecule is Cc1ccc(Cl)cc1NC(=O)CN1C(=O)S/C(=C/c2ccc(-c3cccc(Cl)c3Cl)o2)C1=O. The average molecular weight is 522 g/mol. The van der Waals surface area contributed by atoms with Gasteiger partial charge in [-0.25, -0.2) is 0 Å². The maximum Gasteiger partial charge on any atom is 0.294 e. The molecule has 0 atom stereocenters. The Labute approximate surface area is 208 Å². The molecule has 1 aliphatic heterocycles. The lowest BCUT2D eigenvalue weighted by Crippen LogP contribution is -2.36. The van der Waals surface area contributed by atoms with Crippen molar-refractivity contribution in [1.82, 2.24) is 4.90 Å². The molecule has 3 aromatic rings. The number of nitrogens with zero attached hydrogens (tertiary/aromatic N) is 1. The number of carbonyl (C=O) groups is 3. The molecule has 1 saturated heterocycles. The van der Waals surface area contributed by atoms with Crippen molar-refractivity contribution >= 4 is 75.4 Å². The fourth-order valence-electron chi connectivity index (χ4n) is 3.10. The number of aryl methyl sites for hydroxylation is 1. The van der Waals surface area contributed by atoms with Gasteiger partial charge in [0.25, 0.3) is 11.1 Å². The van der Waals surface area contributed by atoms with Gasteiger partial charge in [0.2, 0.25) is 5.91 Å². The van der Waals surface area contributed by atoms with Crippen LogP contribution in [0.4, 0.5) is 10.5 Å². The minimum atomic E-state index is -0.582. The van der Waals surface area contributed by atoms with Crippen LogP contribution in [-0.2, 0) is 9.59 Å². The van der Waals surface area contributed by atoms with Gasteiger partial charge in [0, 0.05) is 22.3 Å². The lowest BCUT2D eigenvalue weighted by molar-refractivity contribution is -0.127. The summed E-state index contributed by atoms with van der Waals surface area (Å²) in [5.74, 6) is -0.281. The van der Waals surface area contributed by atoms with Gasteiger partial charge < -0.3 is 9.73 Å². The predicted molar refractivity (Wildman–Crippen MR) is 132 cm³/mol. The van der Waals surface area contributed by atoms with Crippen LogP contribution in [0.5, 0.6) is 0 Å². The molecule has 0 saturated carbocycles. The number of anilines is 1. The second-order valence-corrected chi connectivity index (χ2v) is 9.29. The van der Waals surface area contributed by atoms with Gasteiger partial charge in [0.05, 0.1) is 15.0 Å². The van der Waals surface area contributed by atoms with E-state index in [2.05, 4.69) is 5.32 Å². The fraction of sp³-hybridized carbons (Fsp3) is 0.0870. The van der Waals surface area contributed by atoms with Gasteiger partial charge in [-0.15, -0.1) is 0 Å². The first-order valence-corrected chi connectivity index (χ1v) is 11.5. The molecule has 1 aromatic heterocycles. The minimum Gasteiger partial charge on any atom is -0.457 e. The normalized spacial score (nSPS) is 14.9. The van der Waals surface area contributed by atoms with Crippen LogP contribution in [0.1, 0.15) is 11.3 Å². The van der Waals surface area contributed by atoms with Gasteiger partial charge >= 0.3 is 0 Å². The van der Waals surface area contributed by atoms with E-state index in [0.29, 0.717) is 37.8 Å². The Morgan fingerprint density at radius 1 is 1.12 bits per heavy atom. The van der Waals surface area contributed by atoms with Gasteiger partial charge in [-0.05, 0) is 60.6 Å². The van der Waals surface area contributed by atoms with Crippen LogP contribution in [0.25, 0.3) is 17.4 Å². The second kappa shape index (κ2) is 9.65. The number of nitrogens with one attached hydrogen (secondary N) is 1. The van der Waals surface area contributed by atoms with E-state index in [1.54, 1.807) is 48.5 Å². The number of thioether (sulfide) groups is 1. The molecule has 168 valence electrons. The highest BCUT2D eigenvalue weighted by Crippen LogP contribution is 2.36. The highest BCUT2D eigenvalue weighted by Gasteiger charge is 2.36. The van der Waals surface area contributed by atoms with E-state index < -0.39 is 23.6 Å². The molecule has 0 unspecified atom stereocenters. The topological polar surface area (TPSA) is 79.6 Å². The smallest absolute Gasteiger partial charge is 0.294 e. The zero-order valence-electron chi connectivity index (χ0n) is 17.0. The number of hydrogen-bond acceptors (Lipinski definition) is 5. The molecular weight excluding hydrogens is 507 g/mol. The molecule has 33 heavy (non-hydrogen) atoms. The number of hydrogen-bond donors (Lipinski definition) is 1. The van der Waals surface area contributed by atoms with Gasteiger partial charge in [0.1, 0.15) is 18.1 Å². The summed E-state index contributed by atoms with van der Waals surface area (Å²) in [4.78, 5) is 38.6. The zero-order chi connectivity index (χ0) is 23.7. The van der Waals surface area contributed by atoms with Crippen LogP contribution in [0, 0.1) is 6.92 Å². The van der Waals surface area contributed by atoms with Gasteiger partial charge in [-0.3, -0.25) is 19.3 Å². The van der Waals surface area contributed by atoms with Crippen LogP contribution in [0.15, 0.2) is 57.9 Å². The fourth-order valence-corrected chi connectivity index (χ4v) is 4.48. The number of amides is 3. The number of rotatable bonds is 5. The molecule has 2 aromatic carbocycles. The zero-order valence-corrected chi connectivity index (χ0v) is 20.1. The molecule has 1 aliphatic rings. The van der Waals surface area contributed by atoms with Gasteiger partial charge in [0.15, 0.2) is 0 Å². The Morgan fingerprint density at radius 3 is 2.70 bits per heavy atom. The van der Waals surface area contributed by atoms with Gasteiger partial charge in [-0.1, -0.05) is 46.9 Å². The quantitative estimate of drug-likeness (QED) is 0.370. The van der Waals surface area contributed by atoms with Crippen molar-refractivity contribution in [2.75, 3.05) is 11.9 Å². The standard InChI is InChI=1S/C23H15Cl3N2O4S/c1-12-5-6-13(24)9-17(12)27-20(29)11-28-22(30)19(33-23(28)31)10-14-7-8-18(32-14)15-3-2-4-16(25)21(15)26/h2-10H,11H2,1H3,(H,27,29)/b19-10+. The summed E-state index contributed by atoms with van der Waals surface area (Å²) in [6.45, 7) is 1.39. The van der Waals surface area contributed by atoms with E-state index in [4.69, 9.17) is 39.2 Å². The molecule has 0 aliphatic carbocycles. The van der Waals surface area contributed by atoms with E-state index in [0.717, 1.165) is 22.2 Å². The summed E-state index contributed by atoms with van der Waals surface area (Å²) in [6.07, 6.45) is 1.45. The Hall–Kier alpha value is -2.71. The van der Waals surface area contributed by atoms with Crippen molar-refractivity contribution in [1.29, 1.82) is 0 Å². The number of halogens is 3. The summed E-state index contributed by atoms with van der Waals surface area (Å²) >= 11 is 19.0. The summed E-state index contributed by atoms with van der Waals surface area (Å²) < 4.78 is 5.76. The lowest BCUT2D eigenvalue weighted by atomic mass is 10.2. The molecule has 0 bridgehead atoms. The predicted octanol–water partition coefficient (Wildman–Crippen LogP) is 6.89. The molecule has 1 fully saturated rings. The first-order valence-electron chi connectivity index (χ1n) is 9.58. The van der Waals surface area contributed by atoms with Crippen molar-refractivity contribution in [3.8, 4) is 11.3 Å². The Bertz CT molecular complexity index is 1320. The highest BCUT2D eigenvalue weighted by molar-refractivity contribution is 8.18. The van der Waals surface area contributed by atoms with Crippen LogP contribution in [0.2, 0.25) is 15.1 Å². The van der Waals surface area contributed by atoms with Crippen molar-refractivity contribution in [2.45, 2.75) is 6.92 Å². The molecular formula is C23H15Cl3N2O4S. The second-order valence-electron chi connectivity index (χ2n) is 7.08. The van der Waals surface area contributed by atoms with Crippen molar-refractivity contribution < 1.29 is 18.8 Å². The third kappa shape index (κ3) is 5.12. The van der Waals surface area contributed by atoms with Crippen molar-refractivity contribution in [2.24, 2.45) is 0 Å². The number of carbonyl (C=O) groups excluding carboxylic acids is 3. The maximum absolute atomic E-state index is 12.7. The molecule has 4 rings (SSSR count). The van der Waals surface area contributed by atoms with Gasteiger partial charge in [-0.2, -0.15) is 0 Å². The monoisotopic (exact) mass is 520 g/mol.